The number of aliphatic hydroxyl groups excluding tert-OH is 1. The van der Waals surface area contributed by atoms with Crippen molar-refractivity contribution in [3.8, 4) is 0 Å². The third kappa shape index (κ3) is 3.88. The molecule has 0 spiro atoms. The van der Waals surface area contributed by atoms with Crippen molar-refractivity contribution in [3.05, 3.63) is 40.8 Å². The molecule has 0 aliphatic rings. The van der Waals surface area contributed by atoms with Crippen molar-refractivity contribution in [2.24, 2.45) is 0 Å². The van der Waals surface area contributed by atoms with Gasteiger partial charge >= 0.3 is 0 Å². The van der Waals surface area contributed by atoms with Crippen LogP contribution in [0.4, 0.5) is 11.9 Å². The third-order valence-corrected chi connectivity index (χ3v) is 4.27. The fourth-order valence-corrected chi connectivity index (χ4v) is 2.81. The summed E-state index contributed by atoms with van der Waals surface area (Å²) >= 11 is 3.48. The molecule has 0 aliphatic heterocycles. The van der Waals surface area contributed by atoms with Gasteiger partial charge in [-0.25, -0.2) is 0 Å². The van der Waals surface area contributed by atoms with E-state index in [1.54, 1.807) is 23.1 Å². The number of aliphatic hydroxyl groups is 1. The van der Waals surface area contributed by atoms with E-state index in [0.717, 1.165) is 10.0 Å². The Morgan fingerprint density at radius 3 is 2.84 bits per heavy atom. The largest absolute Gasteiger partial charge is 0.395 e. The Hall–Kier alpha value is -2.26. The van der Waals surface area contributed by atoms with Crippen molar-refractivity contribution in [3.63, 3.8) is 0 Å². The fourth-order valence-electron chi connectivity index (χ4n) is 2.46. The number of anilines is 2. The molecule has 3 aromatic rings. The Bertz CT molecular complexity index is 837. The summed E-state index contributed by atoms with van der Waals surface area (Å²) in [5.74, 6) is 1.13. The topological polar surface area (TPSA) is 91.5 Å². The van der Waals surface area contributed by atoms with Crippen LogP contribution in [0.15, 0.2) is 35.2 Å². The van der Waals surface area contributed by atoms with Gasteiger partial charge in [-0.05, 0) is 41.4 Å². The van der Waals surface area contributed by atoms with Crippen LogP contribution in [0.25, 0.3) is 5.65 Å². The molecule has 0 saturated carbocycles. The summed E-state index contributed by atoms with van der Waals surface area (Å²) in [5.41, 5.74) is 1.71. The summed E-state index contributed by atoms with van der Waals surface area (Å²) < 4.78 is 2.44. The van der Waals surface area contributed by atoms with Crippen LogP contribution in [0.1, 0.15) is 19.4 Å². The predicted octanol–water partition coefficient (Wildman–Crippen LogP) is 2.10. The van der Waals surface area contributed by atoms with Gasteiger partial charge in [-0.1, -0.05) is 6.07 Å². The maximum absolute atomic E-state index is 9.35. The van der Waals surface area contributed by atoms with Crippen molar-refractivity contribution in [2.75, 3.05) is 23.4 Å². The van der Waals surface area contributed by atoms with Gasteiger partial charge in [0.15, 0.2) is 5.65 Å². The lowest BCUT2D eigenvalue weighted by atomic mass is 10.3. The minimum Gasteiger partial charge on any atom is -0.395 e. The van der Waals surface area contributed by atoms with Gasteiger partial charge < -0.3 is 15.3 Å². The Morgan fingerprint density at radius 1 is 1.32 bits per heavy atom. The molecular weight excluding hydrogens is 386 g/mol. The van der Waals surface area contributed by atoms with E-state index in [-0.39, 0.29) is 12.6 Å². The van der Waals surface area contributed by atoms with E-state index in [9.17, 15) is 5.11 Å². The average Bonchev–Trinajstić information content (AvgIpc) is 2.99. The van der Waals surface area contributed by atoms with Crippen LogP contribution >= 0.6 is 15.9 Å². The van der Waals surface area contributed by atoms with Gasteiger partial charge in [0.2, 0.25) is 11.9 Å². The minimum absolute atomic E-state index is 0.0333. The third-order valence-electron chi connectivity index (χ3n) is 3.71. The van der Waals surface area contributed by atoms with E-state index in [4.69, 9.17) is 0 Å². The lowest BCUT2D eigenvalue weighted by Crippen LogP contribution is -2.35. The molecule has 0 amide bonds. The molecule has 0 aromatic carbocycles. The summed E-state index contributed by atoms with van der Waals surface area (Å²) in [4.78, 5) is 15.3. The number of aromatic nitrogens is 5. The maximum atomic E-state index is 9.35. The molecular formula is C16H20BrN7O. The second kappa shape index (κ2) is 7.75. The van der Waals surface area contributed by atoms with Gasteiger partial charge in [-0.3, -0.25) is 4.98 Å². The first-order valence-electron chi connectivity index (χ1n) is 8.01. The Morgan fingerprint density at radius 2 is 2.16 bits per heavy atom. The Labute approximate surface area is 154 Å². The fraction of sp³-hybridized carbons (Fsp3) is 0.375. The van der Waals surface area contributed by atoms with Crippen molar-refractivity contribution in [1.29, 1.82) is 0 Å². The number of pyridine rings is 1. The molecule has 3 heterocycles. The number of nitrogens with one attached hydrogen (secondary N) is 1. The van der Waals surface area contributed by atoms with Crippen LogP contribution in [0.5, 0.6) is 0 Å². The van der Waals surface area contributed by atoms with E-state index < -0.39 is 0 Å². The number of fused-ring (bicyclic) bond motifs is 1. The predicted molar refractivity (Wildman–Crippen MR) is 99.6 cm³/mol. The molecule has 3 rings (SSSR count). The highest BCUT2D eigenvalue weighted by atomic mass is 79.9. The number of halogens is 1. The summed E-state index contributed by atoms with van der Waals surface area (Å²) in [6.45, 7) is 5.14. The van der Waals surface area contributed by atoms with Crippen molar-refractivity contribution < 1.29 is 5.11 Å². The molecule has 3 aromatic heterocycles. The second-order valence-corrected chi connectivity index (χ2v) is 6.66. The standard InChI is InChI=1S/C16H20BrN7O/c1-11(2)23(6-7-25)16-21-14-13(17)10-20-24(14)15(22-16)19-9-12-4-3-5-18-8-12/h3-5,8,10-11,25H,6-7,9H2,1-2H3,(H,19,21,22). The monoisotopic (exact) mass is 405 g/mol. The van der Waals surface area contributed by atoms with Crippen LogP contribution in [0, 0.1) is 0 Å². The van der Waals surface area contributed by atoms with E-state index >= 15 is 0 Å². The van der Waals surface area contributed by atoms with Crippen molar-refractivity contribution in [2.45, 2.75) is 26.4 Å². The second-order valence-electron chi connectivity index (χ2n) is 5.80. The zero-order valence-electron chi connectivity index (χ0n) is 14.1. The molecule has 132 valence electrons. The highest BCUT2D eigenvalue weighted by Gasteiger charge is 2.18. The van der Waals surface area contributed by atoms with Crippen LogP contribution in [-0.4, -0.2) is 48.9 Å². The number of hydrogen-bond donors (Lipinski definition) is 2. The Kier molecular flexibility index (Phi) is 5.44. The van der Waals surface area contributed by atoms with Gasteiger partial charge in [-0.15, -0.1) is 0 Å². The molecule has 8 nitrogen and oxygen atoms in total. The summed E-state index contributed by atoms with van der Waals surface area (Å²) in [5, 5.41) is 17.0. The van der Waals surface area contributed by atoms with Crippen LogP contribution in [0.3, 0.4) is 0 Å². The van der Waals surface area contributed by atoms with Gasteiger partial charge in [-0.2, -0.15) is 19.6 Å². The lowest BCUT2D eigenvalue weighted by molar-refractivity contribution is 0.298. The highest BCUT2D eigenvalue weighted by molar-refractivity contribution is 9.10. The first kappa shape index (κ1) is 17.6. The molecule has 9 heteroatoms. The van der Waals surface area contributed by atoms with Gasteiger partial charge in [0.1, 0.15) is 0 Å². The Balaban J connectivity index is 1.98. The molecule has 0 unspecified atom stereocenters. The number of nitrogens with zero attached hydrogens (tertiary/aromatic N) is 6. The van der Waals surface area contributed by atoms with Crippen molar-refractivity contribution in [1.82, 2.24) is 24.6 Å². The molecule has 25 heavy (non-hydrogen) atoms. The quantitative estimate of drug-likeness (QED) is 0.621. The highest BCUT2D eigenvalue weighted by Crippen LogP contribution is 2.22. The maximum Gasteiger partial charge on any atom is 0.231 e. The molecule has 0 radical (unpaired) electrons. The molecule has 0 saturated heterocycles. The summed E-state index contributed by atoms with van der Waals surface area (Å²) in [7, 11) is 0. The minimum atomic E-state index is 0.0333. The SMILES string of the molecule is CC(C)N(CCO)c1nc(NCc2cccnc2)n2ncc(Br)c2n1. The van der Waals surface area contributed by atoms with Crippen LogP contribution in [0.2, 0.25) is 0 Å². The molecule has 0 bridgehead atoms. The number of rotatable bonds is 7. The van der Waals surface area contributed by atoms with E-state index in [1.165, 1.54) is 0 Å². The summed E-state index contributed by atoms with van der Waals surface area (Å²) in [6.07, 6.45) is 5.23. The molecule has 0 fully saturated rings. The van der Waals surface area contributed by atoms with E-state index in [2.05, 4.69) is 41.3 Å². The smallest absolute Gasteiger partial charge is 0.231 e. The van der Waals surface area contributed by atoms with E-state index in [1.807, 2.05) is 30.9 Å². The van der Waals surface area contributed by atoms with Crippen LogP contribution < -0.4 is 10.2 Å². The average molecular weight is 406 g/mol. The molecule has 2 N–H and O–H groups in total. The van der Waals surface area contributed by atoms with E-state index in [0.29, 0.717) is 30.6 Å². The normalized spacial score (nSPS) is 11.2. The first-order chi connectivity index (χ1) is 12.1. The first-order valence-corrected chi connectivity index (χ1v) is 8.81. The lowest BCUT2D eigenvalue weighted by Gasteiger charge is -2.26. The zero-order valence-corrected chi connectivity index (χ0v) is 15.7. The van der Waals surface area contributed by atoms with Crippen molar-refractivity contribution >= 4 is 33.5 Å². The number of hydrogen-bond acceptors (Lipinski definition) is 7. The molecule has 0 atom stereocenters. The van der Waals surface area contributed by atoms with Crippen LogP contribution in [-0.2, 0) is 6.54 Å². The van der Waals surface area contributed by atoms with Gasteiger partial charge in [0, 0.05) is 31.5 Å². The molecule has 0 aliphatic carbocycles. The van der Waals surface area contributed by atoms with Gasteiger partial charge in [0.25, 0.3) is 0 Å². The summed E-state index contributed by atoms with van der Waals surface area (Å²) in [6, 6.07) is 4.04. The van der Waals surface area contributed by atoms with Gasteiger partial charge in [0.05, 0.1) is 17.3 Å². The zero-order chi connectivity index (χ0) is 17.8.